The SMILES string of the molecule is [3H]NCC(C[S-])C(=O)O.[Y]. The molecule has 0 aliphatic carbocycles. The van der Waals surface area contributed by atoms with Gasteiger partial charge in [0.05, 0.1) is 0 Å². The molecule has 0 saturated carbocycles. The molecule has 0 fully saturated rings. The normalized spacial score (nSPS) is 13.2. The van der Waals surface area contributed by atoms with Gasteiger partial charge in [0.1, 0.15) is 1.41 Å². The number of hydrogen-bond donors (Lipinski definition) is 2. The zero-order valence-electron chi connectivity index (χ0n) is 5.83. The van der Waals surface area contributed by atoms with Crippen molar-refractivity contribution in [1.82, 2.24) is 0 Å². The van der Waals surface area contributed by atoms with Gasteiger partial charge >= 0.3 is 5.97 Å². The summed E-state index contributed by atoms with van der Waals surface area (Å²) in [5.41, 5.74) is 2.00. The van der Waals surface area contributed by atoms with Crippen LogP contribution in [0.3, 0.4) is 0 Å². The van der Waals surface area contributed by atoms with E-state index in [0.29, 0.717) is 0 Å². The van der Waals surface area contributed by atoms with Gasteiger partial charge in [-0.2, -0.15) is 5.75 Å². The van der Waals surface area contributed by atoms with Crippen molar-refractivity contribution >= 4 is 18.6 Å². The molecule has 0 aromatic carbocycles. The average Bonchev–Trinajstić information content (AvgIpc) is 1.82. The predicted octanol–water partition coefficient (Wildman–Crippen LogP) is -0.810. The molecule has 0 rings (SSSR count). The molecule has 0 aliphatic rings. The van der Waals surface area contributed by atoms with Crippen LogP contribution in [0.5, 0.6) is 0 Å². The molecule has 5 heteroatoms. The fourth-order valence-electron chi connectivity index (χ4n) is 0.218. The smallest absolute Gasteiger partial charge is 0.305 e. The van der Waals surface area contributed by atoms with E-state index in [1.54, 1.807) is 0 Å². The number of carboxylic acid groups (broad SMARTS) is 1. The minimum Gasteiger partial charge on any atom is -0.792 e. The van der Waals surface area contributed by atoms with Crippen molar-refractivity contribution in [2.75, 3.05) is 12.3 Å². The van der Waals surface area contributed by atoms with E-state index in [1.807, 2.05) is 5.73 Å². The summed E-state index contributed by atoms with van der Waals surface area (Å²) in [6.07, 6.45) is 0. The summed E-state index contributed by atoms with van der Waals surface area (Å²) in [7, 11) is 0. The zero-order chi connectivity index (χ0) is 7.28. The molecule has 0 aliphatic heterocycles. The number of hydrogen-bond acceptors (Lipinski definition) is 3. The van der Waals surface area contributed by atoms with Crippen molar-refractivity contribution in [3.05, 3.63) is 0 Å². The van der Waals surface area contributed by atoms with Gasteiger partial charge in [-0.3, -0.25) is 4.79 Å². The van der Waals surface area contributed by atoms with Crippen LogP contribution in [0.4, 0.5) is 0 Å². The van der Waals surface area contributed by atoms with Gasteiger partial charge in [-0.05, 0) is 0 Å². The summed E-state index contributed by atoms with van der Waals surface area (Å²) < 4.78 is 6.47. The maximum atomic E-state index is 10.1. The predicted molar refractivity (Wildman–Crippen MR) is 32.4 cm³/mol. The summed E-state index contributed by atoms with van der Waals surface area (Å²) in [5, 5.41) is 8.31. The molecular weight excluding hydrogens is 215 g/mol. The maximum Gasteiger partial charge on any atom is 0.305 e. The molecule has 0 saturated heterocycles. The van der Waals surface area contributed by atoms with Gasteiger partial charge in [-0.1, -0.05) is 0 Å². The molecule has 0 spiro atoms. The quantitative estimate of drug-likeness (QED) is 0.614. The fourth-order valence-corrected chi connectivity index (χ4v) is 0.478. The molecule has 3 N–H and O–H groups in total. The number of aliphatic carboxylic acids is 1. The first-order valence-electron chi connectivity index (χ1n) is 2.68. The minimum absolute atomic E-state index is 0. The Kier molecular flexibility index (Phi) is 7.68. The number of nitrogens with two attached hydrogens (primary N) is 1. The van der Waals surface area contributed by atoms with Crippen molar-refractivity contribution in [1.29, 1.82) is 0 Å². The monoisotopic (exact) mass is 225 g/mol. The summed E-state index contributed by atoms with van der Waals surface area (Å²) in [6.45, 7) is 0.124. The van der Waals surface area contributed by atoms with Crippen molar-refractivity contribution in [3.8, 4) is 0 Å². The third kappa shape index (κ3) is 5.33. The van der Waals surface area contributed by atoms with Crippen LogP contribution in [0.2, 0.25) is 1.41 Å². The van der Waals surface area contributed by atoms with Crippen LogP contribution in [0, 0.1) is 5.92 Å². The maximum absolute atomic E-state index is 10.1. The summed E-state index contributed by atoms with van der Waals surface area (Å²) in [5.74, 6) is -1.39. The van der Waals surface area contributed by atoms with E-state index in [2.05, 4.69) is 12.6 Å². The van der Waals surface area contributed by atoms with Crippen LogP contribution in [0.25, 0.3) is 0 Å². The van der Waals surface area contributed by atoms with Crippen LogP contribution in [0.1, 0.15) is 0 Å². The molecule has 1 radical (unpaired) electrons. The Morgan fingerprint density at radius 2 is 2.56 bits per heavy atom. The van der Waals surface area contributed by atoms with Gasteiger partial charge in [0.25, 0.3) is 0 Å². The van der Waals surface area contributed by atoms with E-state index in [0.717, 1.165) is 0 Å². The van der Waals surface area contributed by atoms with Crippen LogP contribution in [0.15, 0.2) is 0 Å². The van der Waals surface area contributed by atoms with Crippen molar-refractivity contribution in [2.24, 2.45) is 11.6 Å². The van der Waals surface area contributed by atoms with Gasteiger partial charge in [0.2, 0.25) is 0 Å². The van der Waals surface area contributed by atoms with E-state index in [4.69, 9.17) is 6.52 Å². The van der Waals surface area contributed by atoms with Crippen LogP contribution in [-0.2, 0) is 50.1 Å². The van der Waals surface area contributed by atoms with E-state index < -0.39 is 11.9 Å². The van der Waals surface area contributed by atoms with Gasteiger partial charge in [-0.15, -0.1) is 0 Å². The van der Waals surface area contributed by atoms with Gasteiger partial charge in [-0.25, -0.2) is 0 Å². The minimum atomic E-state index is -0.940. The van der Waals surface area contributed by atoms with Gasteiger partial charge in [0, 0.05) is 45.2 Å². The Labute approximate surface area is 86.1 Å². The Morgan fingerprint density at radius 1 is 2.00 bits per heavy atom. The molecule has 0 aromatic heterocycles. The average molecular weight is 225 g/mol. The molecular formula is C4H8NO2SY-. The summed E-state index contributed by atoms with van der Waals surface area (Å²) in [6, 6.07) is 0. The molecule has 1 unspecified atom stereocenters. The molecule has 3 nitrogen and oxygen atoms in total. The first-order chi connectivity index (χ1) is 4.22. The second-order valence-electron chi connectivity index (χ2n) is 1.41. The van der Waals surface area contributed by atoms with Gasteiger partial charge in [0.15, 0.2) is 0 Å². The van der Waals surface area contributed by atoms with Crippen molar-refractivity contribution in [3.63, 3.8) is 0 Å². The standard InChI is InChI=1S/C4H9NO2S.Y/c5-1-3(2-8)4(6)7;/h3,8H,1-2,5H2,(H,6,7);/p-1/i/hT. The Bertz CT molecular complexity index is 105. The Balaban J connectivity index is 0. The number of carboxylic acids is 1. The Morgan fingerprint density at radius 3 is 2.67 bits per heavy atom. The van der Waals surface area contributed by atoms with Gasteiger partial charge < -0.3 is 23.5 Å². The molecule has 0 heterocycles. The third-order valence-electron chi connectivity index (χ3n) is 0.797. The van der Waals surface area contributed by atoms with Crippen molar-refractivity contribution in [2.45, 2.75) is 0 Å². The van der Waals surface area contributed by atoms with Crippen LogP contribution >= 0.6 is 0 Å². The number of carbonyl (C=O) groups is 1. The molecule has 51 valence electrons. The largest absolute Gasteiger partial charge is 0.792 e. The van der Waals surface area contributed by atoms with E-state index in [-0.39, 0.29) is 45.0 Å². The fraction of sp³-hybridized carbons (Fsp3) is 0.750. The van der Waals surface area contributed by atoms with E-state index in [1.165, 1.54) is 0 Å². The first kappa shape index (κ1) is 9.88. The zero-order valence-corrected chi connectivity index (χ0v) is 8.49. The summed E-state index contributed by atoms with van der Waals surface area (Å²) in [4.78, 5) is 10.1. The molecule has 1 atom stereocenters. The molecule has 9 heavy (non-hydrogen) atoms. The second kappa shape index (κ2) is 7.00. The Hall–Kier alpha value is 0.884. The van der Waals surface area contributed by atoms with E-state index in [9.17, 15) is 4.79 Å². The number of rotatable bonds is 4. The topological polar surface area (TPSA) is 63.3 Å². The van der Waals surface area contributed by atoms with Crippen LogP contribution < -0.4 is 5.73 Å². The van der Waals surface area contributed by atoms with E-state index >= 15 is 0 Å². The molecule has 0 bridgehead atoms. The van der Waals surface area contributed by atoms with Crippen molar-refractivity contribution < 1.29 is 44.0 Å². The molecule has 0 aromatic rings. The second-order valence-corrected chi connectivity index (χ2v) is 1.74. The first-order valence-corrected chi connectivity index (χ1v) is 2.75. The van der Waals surface area contributed by atoms with Crippen LogP contribution in [-0.4, -0.2) is 23.4 Å². The molecule has 0 amide bonds. The third-order valence-corrected chi connectivity index (χ3v) is 1.20. The summed E-state index contributed by atoms with van der Waals surface area (Å²) >= 11 is 4.51.